The Labute approximate surface area is 130 Å². The highest BCUT2D eigenvalue weighted by Gasteiger charge is 1.95. The van der Waals surface area contributed by atoms with Crippen molar-refractivity contribution in [1.29, 1.82) is 0 Å². The fourth-order valence-electron chi connectivity index (χ4n) is 2.47. The second-order valence-electron chi connectivity index (χ2n) is 5.88. The maximum Gasteiger partial charge on any atom is 0.0596 e. The van der Waals surface area contributed by atoms with Gasteiger partial charge >= 0.3 is 0 Å². The first kappa shape index (κ1) is 21.1. The molecule has 0 saturated carbocycles. The minimum Gasteiger partial charge on any atom is -0.790 e. The van der Waals surface area contributed by atoms with Gasteiger partial charge in [0.2, 0.25) is 0 Å². The summed E-state index contributed by atoms with van der Waals surface area (Å²) in [6.07, 6.45) is 17.4. The van der Waals surface area contributed by atoms with Crippen LogP contribution in [0.15, 0.2) is 0 Å². The Hall–Kier alpha value is 0.110. The summed E-state index contributed by atoms with van der Waals surface area (Å²) >= 11 is 0. The molecule has 0 radical (unpaired) electrons. The van der Waals surface area contributed by atoms with Gasteiger partial charge in [-0.2, -0.15) is 0 Å². The minimum atomic E-state index is -4.75. The summed E-state index contributed by atoms with van der Waals surface area (Å²) in [5.74, 6) is 0. The number of rotatable bonds is 16. The quantitative estimate of drug-likeness (QED) is 0.314. The van der Waals surface area contributed by atoms with Crippen LogP contribution in [0.2, 0.25) is 0 Å². The van der Waals surface area contributed by atoms with E-state index in [0.717, 1.165) is 12.8 Å². The highest BCUT2D eigenvalue weighted by Crippen LogP contribution is 2.24. The smallest absolute Gasteiger partial charge is 0.0596 e. The molecule has 128 valence electrons. The second-order valence-corrected chi connectivity index (χ2v) is 7.03. The van der Waals surface area contributed by atoms with Crippen LogP contribution >= 0.6 is 7.82 Å². The average Bonchev–Trinajstić information content (AvgIpc) is 2.42. The molecule has 0 bridgehead atoms. The van der Waals surface area contributed by atoms with E-state index in [9.17, 15) is 14.4 Å². The molecule has 0 aromatic carbocycles. The summed E-state index contributed by atoms with van der Waals surface area (Å²) in [7, 11) is -4.75. The third-order valence-electron chi connectivity index (χ3n) is 3.75. The summed E-state index contributed by atoms with van der Waals surface area (Å²) in [4.78, 5) is 20.4. The first-order valence-corrected chi connectivity index (χ1v) is 10.2. The highest BCUT2D eigenvalue weighted by atomic mass is 31.2. The van der Waals surface area contributed by atoms with Crippen LogP contribution in [0.4, 0.5) is 0 Å². The molecule has 0 aromatic rings. The van der Waals surface area contributed by atoms with Gasteiger partial charge in [0.05, 0.1) is 14.4 Å². The monoisotopic (exact) mass is 320 g/mol. The third kappa shape index (κ3) is 20.1. The molecule has 0 atom stereocenters. The maximum absolute atomic E-state index is 10.2. The van der Waals surface area contributed by atoms with Crippen LogP contribution in [0.1, 0.15) is 96.8 Å². The van der Waals surface area contributed by atoms with Crippen LogP contribution in [0.25, 0.3) is 0 Å². The Bertz CT molecular complexity index is 253. The Morgan fingerprint density at radius 3 is 1.33 bits per heavy atom. The second kappa shape index (κ2) is 15.0. The summed E-state index contributed by atoms with van der Waals surface area (Å²) in [5.41, 5.74) is 0. The molecule has 0 unspecified atom stereocenters. The van der Waals surface area contributed by atoms with E-state index in [-0.39, 0.29) is 6.61 Å². The van der Waals surface area contributed by atoms with Gasteiger partial charge < -0.3 is 18.9 Å². The van der Waals surface area contributed by atoms with E-state index in [1.807, 2.05) is 0 Å². The van der Waals surface area contributed by atoms with Crippen LogP contribution in [0, 0.1) is 0 Å². The first-order valence-electron chi connectivity index (χ1n) is 8.73. The summed E-state index contributed by atoms with van der Waals surface area (Å²) in [6.45, 7) is 2.29. The summed E-state index contributed by atoms with van der Waals surface area (Å²) < 4.78 is 14.4. The number of hydrogen-bond acceptors (Lipinski definition) is 4. The van der Waals surface area contributed by atoms with Crippen molar-refractivity contribution in [1.82, 2.24) is 0 Å². The van der Waals surface area contributed by atoms with Gasteiger partial charge in [0.15, 0.2) is 0 Å². The van der Waals surface area contributed by atoms with E-state index in [1.54, 1.807) is 0 Å². The van der Waals surface area contributed by atoms with Crippen molar-refractivity contribution < 1.29 is 18.9 Å². The standard InChI is InChI=1S/C16H35O4P/c1-2-3-4-5-6-7-8-9-10-11-12-13-14-15-16-20-21(17,18)19/h2-16H2,1H3,(H2,17,18,19)/p-2. The van der Waals surface area contributed by atoms with Crippen LogP contribution < -0.4 is 9.79 Å². The Kier molecular flexibility index (Phi) is 15.1. The molecule has 0 rings (SSSR count). The van der Waals surface area contributed by atoms with E-state index in [2.05, 4.69) is 11.4 Å². The van der Waals surface area contributed by atoms with Crippen molar-refractivity contribution in [3.8, 4) is 0 Å². The van der Waals surface area contributed by atoms with Crippen molar-refractivity contribution in [3.63, 3.8) is 0 Å². The van der Waals surface area contributed by atoms with Gasteiger partial charge in [-0.3, -0.25) is 0 Å². The van der Waals surface area contributed by atoms with Crippen molar-refractivity contribution in [3.05, 3.63) is 0 Å². The minimum absolute atomic E-state index is 0.0440. The zero-order valence-corrected chi connectivity index (χ0v) is 14.6. The lowest BCUT2D eigenvalue weighted by Crippen LogP contribution is -2.16. The fraction of sp³-hybridized carbons (Fsp3) is 1.00. The number of hydrogen-bond donors (Lipinski definition) is 0. The molecular weight excluding hydrogens is 287 g/mol. The van der Waals surface area contributed by atoms with Gasteiger partial charge in [-0.1, -0.05) is 90.4 Å². The molecule has 0 N–H and O–H groups in total. The molecule has 4 nitrogen and oxygen atoms in total. The molecule has 0 heterocycles. The van der Waals surface area contributed by atoms with Crippen molar-refractivity contribution >= 4 is 7.82 Å². The molecule has 0 aliphatic heterocycles. The molecule has 0 saturated heterocycles. The lowest BCUT2D eigenvalue weighted by molar-refractivity contribution is -0.341. The zero-order chi connectivity index (χ0) is 15.8. The molecule has 0 aliphatic rings. The van der Waals surface area contributed by atoms with Gasteiger partial charge in [-0.05, 0) is 6.42 Å². The fourth-order valence-corrected chi connectivity index (χ4v) is 2.83. The zero-order valence-electron chi connectivity index (χ0n) is 13.7. The van der Waals surface area contributed by atoms with Crippen molar-refractivity contribution in [2.24, 2.45) is 0 Å². The molecule has 0 spiro atoms. The Morgan fingerprint density at radius 1 is 0.667 bits per heavy atom. The van der Waals surface area contributed by atoms with E-state index < -0.39 is 7.82 Å². The average molecular weight is 320 g/mol. The molecule has 0 fully saturated rings. The third-order valence-corrected chi connectivity index (χ3v) is 4.25. The topological polar surface area (TPSA) is 72.4 Å². The molecule has 0 amide bonds. The van der Waals surface area contributed by atoms with Gasteiger partial charge in [0.1, 0.15) is 0 Å². The van der Waals surface area contributed by atoms with Crippen LogP contribution in [-0.4, -0.2) is 6.61 Å². The normalized spacial score (nSPS) is 12.0. The number of unbranched alkanes of at least 4 members (excludes halogenated alkanes) is 13. The summed E-state index contributed by atoms with van der Waals surface area (Å²) in [5, 5.41) is 0. The van der Waals surface area contributed by atoms with Gasteiger partial charge in [-0.25, -0.2) is 0 Å². The predicted octanol–water partition coefficient (Wildman–Crippen LogP) is 4.31. The maximum atomic E-state index is 10.2. The lowest BCUT2D eigenvalue weighted by Gasteiger charge is -2.28. The molecule has 0 aromatic heterocycles. The van der Waals surface area contributed by atoms with Gasteiger partial charge in [-0.15, -0.1) is 0 Å². The van der Waals surface area contributed by atoms with Crippen molar-refractivity contribution in [2.45, 2.75) is 96.8 Å². The Morgan fingerprint density at radius 2 is 1.00 bits per heavy atom. The molecular formula is C16H33O4P-2. The largest absolute Gasteiger partial charge is 0.790 e. The highest BCUT2D eigenvalue weighted by molar-refractivity contribution is 7.43. The lowest BCUT2D eigenvalue weighted by atomic mass is 10.0. The van der Waals surface area contributed by atoms with E-state index in [0.29, 0.717) is 6.42 Å². The van der Waals surface area contributed by atoms with Crippen molar-refractivity contribution in [2.75, 3.05) is 6.61 Å². The predicted molar refractivity (Wildman–Crippen MR) is 83.9 cm³/mol. The van der Waals surface area contributed by atoms with E-state index >= 15 is 0 Å². The first-order chi connectivity index (χ1) is 10.1. The van der Waals surface area contributed by atoms with Gasteiger partial charge in [0, 0.05) is 0 Å². The number of phosphoric acid groups is 1. The van der Waals surface area contributed by atoms with E-state index in [4.69, 9.17) is 0 Å². The molecule has 0 aliphatic carbocycles. The summed E-state index contributed by atoms with van der Waals surface area (Å²) in [6, 6.07) is 0. The SMILES string of the molecule is CCCCCCCCCCCCCCCCOP(=O)([O-])[O-]. The number of phosphoric ester groups is 1. The molecule has 5 heteroatoms. The van der Waals surface area contributed by atoms with Crippen LogP contribution in [0.3, 0.4) is 0 Å². The Balaban J connectivity index is 3.01. The van der Waals surface area contributed by atoms with Gasteiger partial charge in [0.25, 0.3) is 0 Å². The molecule has 21 heavy (non-hydrogen) atoms. The van der Waals surface area contributed by atoms with Crippen LogP contribution in [0.5, 0.6) is 0 Å². The van der Waals surface area contributed by atoms with Crippen LogP contribution in [-0.2, 0) is 9.09 Å². The van der Waals surface area contributed by atoms with E-state index in [1.165, 1.54) is 70.6 Å².